The van der Waals surface area contributed by atoms with Crippen LogP contribution in [0.3, 0.4) is 0 Å². The molecule has 0 amide bonds. The number of halogens is 2. The van der Waals surface area contributed by atoms with Crippen LogP contribution in [0.2, 0.25) is 0 Å². The molecule has 1 aliphatic heterocycles. The summed E-state index contributed by atoms with van der Waals surface area (Å²) in [5.74, 6) is 0.693. The lowest BCUT2D eigenvalue weighted by atomic mass is 10.1. The average molecular weight is 298 g/mol. The van der Waals surface area contributed by atoms with E-state index in [-0.39, 0.29) is 12.4 Å². The first-order valence-corrected chi connectivity index (χ1v) is 7.25. The molecule has 1 aromatic carbocycles. The Hall–Kier alpha value is -1.10. The number of benzene rings is 1. The number of nitrogens with zero attached hydrogens (tertiary/aromatic N) is 1. The summed E-state index contributed by atoms with van der Waals surface area (Å²) in [5, 5.41) is 11.7. The van der Waals surface area contributed by atoms with E-state index in [1.807, 2.05) is 5.06 Å². The Balaban J connectivity index is 1.69. The first-order valence-electron chi connectivity index (χ1n) is 6.87. The van der Waals surface area contributed by atoms with Crippen molar-refractivity contribution in [2.45, 2.75) is 25.3 Å². The van der Waals surface area contributed by atoms with E-state index in [1.54, 1.807) is 12.1 Å². The Bertz CT molecular complexity index is 517. The molecule has 20 heavy (non-hydrogen) atoms. The minimum atomic E-state index is -0.276. The molecule has 0 bridgehead atoms. The molecule has 3 nitrogen and oxygen atoms in total. The fourth-order valence-corrected chi connectivity index (χ4v) is 3.16. The Morgan fingerprint density at radius 3 is 2.70 bits per heavy atom. The quantitative estimate of drug-likeness (QED) is 0.930. The summed E-state index contributed by atoms with van der Waals surface area (Å²) in [6.45, 7) is 0.785. The van der Waals surface area contributed by atoms with Crippen molar-refractivity contribution in [2.75, 3.05) is 13.2 Å². The van der Waals surface area contributed by atoms with Gasteiger partial charge in [0.1, 0.15) is 5.82 Å². The largest absolute Gasteiger partial charge is 0.403 e. The van der Waals surface area contributed by atoms with Crippen LogP contribution in [0.1, 0.15) is 24.8 Å². The highest BCUT2D eigenvalue weighted by Gasteiger charge is 2.35. The third kappa shape index (κ3) is 2.68. The van der Waals surface area contributed by atoms with Crippen LogP contribution in [-0.4, -0.2) is 29.4 Å². The van der Waals surface area contributed by atoms with Crippen LogP contribution in [0.4, 0.5) is 4.39 Å². The van der Waals surface area contributed by atoms with Gasteiger partial charge in [-0.2, -0.15) is 0 Å². The molecule has 1 heterocycles. The molecule has 2 aliphatic rings. The second kappa shape index (κ2) is 5.72. The Morgan fingerprint density at radius 1 is 1.30 bits per heavy atom. The van der Waals surface area contributed by atoms with E-state index in [2.05, 4.69) is 0 Å². The predicted molar refractivity (Wildman–Crippen MR) is 75.2 cm³/mol. The summed E-state index contributed by atoms with van der Waals surface area (Å²) in [7, 11) is 0. The van der Waals surface area contributed by atoms with Crippen molar-refractivity contribution in [1.29, 1.82) is 0 Å². The van der Waals surface area contributed by atoms with Crippen LogP contribution in [-0.2, 0) is 4.84 Å². The lowest BCUT2D eigenvalue weighted by Crippen LogP contribution is -2.30. The summed E-state index contributed by atoms with van der Waals surface area (Å²) in [6.07, 6.45) is 2.95. The minimum Gasteiger partial charge on any atom is -0.403 e. The van der Waals surface area contributed by atoms with Crippen LogP contribution in [0.5, 0.6) is 0 Å². The SMILES string of the molecule is OC[C@H]1CC[C@@H](N2CC(Cl)=C(c3ccc(F)cc3)O2)C1. The topological polar surface area (TPSA) is 32.7 Å². The molecule has 1 saturated carbocycles. The monoisotopic (exact) mass is 297 g/mol. The third-order valence-electron chi connectivity index (χ3n) is 4.04. The van der Waals surface area contributed by atoms with Gasteiger partial charge in [-0.1, -0.05) is 11.6 Å². The summed E-state index contributed by atoms with van der Waals surface area (Å²) in [4.78, 5) is 5.85. The number of hydrogen-bond donors (Lipinski definition) is 1. The highest BCUT2D eigenvalue weighted by molar-refractivity contribution is 6.32. The standard InChI is InChI=1S/C15H17ClFNO2/c16-14-8-18(13-6-1-10(7-13)9-19)20-15(14)11-2-4-12(17)5-3-11/h2-5,10,13,19H,1,6-9H2/t10-,13+/m0/s1. The van der Waals surface area contributed by atoms with Crippen LogP contribution in [0, 0.1) is 11.7 Å². The van der Waals surface area contributed by atoms with Crippen LogP contribution < -0.4 is 0 Å². The Kier molecular flexibility index (Phi) is 3.96. The molecule has 3 rings (SSSR count). The van der Waals surface area contributed by atoms with Gasteiger partial charge in [0.25, 0.3) is 0 Å². The molecule has 1 fully saturated rings. The molecule has 1 aromatic rings. The number of aliphatic hydroxyl groups is 1. The highest BCUT2D eigenvalue weighted by Crippen LogP contribution is 2.37. The van der Waals surface area contributed by atoms with Gasteiger partial charge < -0.3 is 9.94 Å². The van der Waals surface area contributed by atoms with Gasteiger partial charge in [-0.25, -0.2) is 4.39 Å². The number of aliphatic hydroxyl groups excluding tert-OH is 1. The van der Waals surface area contributed by atoms with Crippen molar-refractivity contribution < 1.29 is 14.3 Å². The van der Waals surface area contributed by atoms with Gasteiger partial charge in [-0.05, 0) is 49.4 Å². The molecule has 0 saturated heterocycles. The van der Waals surface area contributed by atoms with Crippen molar-refractivity contribution in [1.82, 2.24) is 5.06 Å². The smallest absolute Gasteiger partial charge is 0.170 e. The van der Waals surface area contributed by atoms with Crippen molar-refractivity contribution in [2.24, 2.45) is 5.92 Å². The molecule has 5 heteroatoms. The average Bonchev–Trinajstić information content (AvgIpc) is 3.06. The lowest BCUT2D eigenvalue weighted by molar-refractivity contribution is -0.0973. The molecule has 1 aliphatic carbocycles. The zero-order valence-corrected chi connectivity index (χ0v) is 11.8. The highest BCUT2D eigenvalue weighted by atomic mass is 35.5. The van der Waals surface area contributed by atoms with E-state index >= 15 is 0 Å². The van der Waals surface area contributed by atoms with Crippen LogP contribution >= 0.6 is 11.6 Å². The van der Waals surface area contributed by atoms with E-state index in [9.17, 15) is 9.50 Å². The molecule has 2 atom stereocenters. The van der Waals surface area contributed by atoms with Gasteiger partial charge in [-0.3, -0.25) is 0 Å². The maximum Gasteiger partial charge on any atom is 0.170 e. The zero-order valence-electron chi connectivity index (χ0n) is 11.1. The van der Waals surface area contributed by atoms with Gasteiger partial charge in [-0.15, -0.1) is 5.06 Å². The number of hydroxylamine groups is 2. The van der Waals surface area contributed by atoms with E-state index < -0.39 is 0 Å². The summed E-state index contributed by atoms with van der Waals surface area (Å²) in [5.41, 5.74) is 0.788. The van der Waals surface area contributed by atoms with E-state index in [4.69, 9.17) is 16.4 Å². The van der Waals surface area contributed by atoms with Crippen molar-refractivity contribution in [3.63, 3.8) is 0 Å². The molecule has 0 aromatic heterocycles. The molecule has 108 valence electrons. The fourth-order valence-electron chi connectivity index (χ4n) is 2.90. The van der Waals surface area contributed by atoms with E-state index in [0.29, 0.717) is 29.3 Å². The maximum absolute atomic E-state index is 13.0. The summed E-state index contributed by atoms with van der Waals surface area (Å²) in [6, 6.07) is 6.42. The van der Waals surface area contributed by atoms with Gasteiger partial charge in [0.2, 0.25) is 0 Å². The molecule has 0 spiro atoms. The van der Waals surface area contributed by atoms with Gasteiger partial charge >= 0.3 is 0 Å². The van der Waals surface area contributed by atoms with Crippen molar-refractivity contribution in [3.05, 3.63) is 40.7 Å². The number of rotatable bonds is 3. The number of hydrogen-bond acceptors (Lipinski definition) is 3. The predicted octanol–water partition coefficient (Wildman–Crippen LogP) is 3.14. The fraction of sp³-hybridized carbons (Fsp3) is 0.467. The molecular formula is C15H17ClFNO2. The van der Waals surface area contributed by atoms with Gasteiger partial charge in [0, 0.05) is 18.2 Å². The van der Waals surface area contributed by atoms with E-state index in [1.165, 1.54) is 12.1 Å². The molecule has 0 unspecified atom stereocenters. The maximum atomic E-state index is 13.0. The van der Waals surface area contributed by atoms with Crippen molar-refractivity contribution in [3.8, 4) is 0 Å². The zero-order chi connectivity index (χ0) is 14.1. The Morgan fingerprint density at radius 2 is 2.05 bits per heavy atom. The van der Waals surface area contributed by atoms with Crippen LogP contribution in [0.25, 0.3) is 5.76 Å². The summed E-state index contributed by atoms with van der Waals surface area (Å²) >= 11 is 6.27. The van der Waals surface area contributed by atoms with Crippen molar-refractivity contribution >= 4 is 17.4 Å². The summed E-state index contributed by atoms with van der Waals surface area (Å²) < 4.78 is 13.0. The second-order valence-electron chi connectivity index (χ2n) is 5.42. The first kappa shape index (κ1) is 13.9. The van der Waals surface area contributed by atoms with Gasteiger partial charge in [0.15, 0.2) is 5.76 Å². The van der Waals surface area contributed by atoms with Crippen LogP contribution in [0.15, 0.2) is 29.3 Å². The molecular weight excluding hydrogens is 281 g/mol. The normalized spacial score (nSPS) is 27.1. The first-order chi connectivity index (χ1) is 9.67. The lowest BCUT2D eigenvalue weighted by Gasteiger charge is -2.23. The molecule has 0 radical (unpaired) electrons. The Labute approximate surface area is 122 Å². The molecule has 1 N–H and O–H groups in total. The second-order valence-corrected chi connectivity index (χ2v) is 5.88. The van der Waals surface area contributed by atoms with Gasteiger partial charge in [0.05, 0.1) is 11.6 Å². The third-order valence-corrected chi connectivity index (χ3v) is 4.33. The van der Waals surface area contributed by atoms with E-state index in [0.717, 1.165) is 24.8 Å². The minimum absolute atomic E-state index is 0.232.